The summed E-state index contributed by atoms with van der Waals surface area (Å²) < 4.78 is 29.8. The maximum atomic E-state index is 12.2. The summed E-state index contributed by atoms with van der Waals surface area (Å²) in [7, 11) is -3.34. The maximum Gasteiger partial charge on any atom is 0.322 e. The highest BCUT2D eigenvalue weighted by Gasteiger charge is 2.19. The lowest BCUT2D eigenvalue weighted by Crippen LogP contribution is -2.14. The van der Waals surface area contributed by atoms with Gasteiger partial charge >= 0.3 is 6.01 Å². The first-order valence-corrected chi connectivity index (χ1v) is 10.3. The molecular formula is C20H21N3O4S. The zero-order valence-electron chi connectivity index (χ0n) is 15.8. The van der Waals surface area contributed by atoms with Crippen LogP contribution < -0.4 is 5.32 Å². The second-order valence-corrected chi connectivity index (χ2v) is 9.25. The molecule has 0 fully saturated rings. The van der Waals surface area contributed by atoms with Crippen LogP contribution in [0.2, 0.25) is 0 Å². The van der Waals surface area contributed by atoms with Gasteiger partial charge in [0.05, 0.1) is 16.6 Å². The molecule has 3 aromatic rings. The largest absolute Gasteiger partial charge is 0.403 e. The Morgan fingerprint density at radius 1 is 1.11 bits per heavy atom. The highest BCUT2D eigenvalue weighted by atomic mass is 32.2. The number of benzene rings is 2. The third kappa shape index (κ3) is 4.45. The van der Waals surface area contributed by atoms with Crippen molar-refractivity contribution in [3.63, 3.8) is 0 Å². The molecule has 1 aromatic heterocycles. The minimum Gasteiger partial charge on any atom is -0.403 e. The van der Waals surface area contributed by atoms with Crippen molar-refractivity contribution in [1.82, 2.24) is 10.2 Å². The number of nitrogens with one attached hydrogen (secondary N) is 1. The van der Waals surface area contributed by atoms with Crippen molar-refractivity contribution in [3.8, 4) is 11.5 Å². The summed E-state index contributed by atoms with van der Waals surface area (Å²) in [6.45, 7) is 5.23. The number of anilines is 1. The Morgan fingerprint density at radius 2 is 1.82 bits per heavy atom. The molecule has 146 valence electrons. The molecule has 1 N–H and O–H groups in total. The molecule has 0 saturated heterocycles. The van der Waals surface area contributed by atoms with E-state index >= 15 is 0 Å². The number of carbonyl (C=O) groups is 1. The Kier molecular flexibility index (Phi) is 5.60. The summed E-state index contributed by atoms with van der Waals surface area (Å²) in [6, 6.07) is 13.9. The average Bonchev–Trinajstić information content (AvgIpc) is 3.10. The topological polar surface area (TPSA) is 102 Å². The van der Waals surface area contributed by atoms with Crippen LogP contribution in [-0.4, -0.2) is 29.8 Å². The second-order valence-electron chi connectivity index (χ2n) is 6.74. The van der Waals surface area contributed by atoms with E-state index in [1.807, 2.05) is 31.2 Å². The van der Waals surface area contributed by atoms with Crippen molar-refractivity contribution >= 4 is 21.8 Å². The Labute approximate surface area is 163 Å². The van der Waals surface area contributed by atoms with E-state index in [2.05, 4.69) is 15.5 Å². The Balaban J connectivity index is 1.69. The zero-order valence-corrected chi connectivity index (χ0v) is 16.7. The summed E-state index contributed by atoms with van der Waals surface area (Å²) in [4.78, 5) is 12.4. The number of hydrogen-bond acceptors (Lipinski definition) is 6. The van der Waals surface area contributed by atoms with Gasteiger partial charge in [0, 0.05) is 5.56 Å². The van der Waals surface area contributed by atoms with Crippen LogP contribution in [0.5, 0.6) is 0 Å². The van der Waals surface area contributed by atoms with Gasteiger partial charge in [0.15, 0.2) is 9.84 Å². The average molecular weight is 399 g/mol. The summed E-state index contributed by atoms with van der Waals surface area (Å²) in [6.07, 6.45) is 0.196. The number of carbonyl (C=O) groups excluding carboxylic acids is 1. The van der Waals surface area contributed by atoms with Gasteiger partial charge in [0.25, 0.3) is 0 Å². The highest BCUT2D eigenvalue weighted by molar-refractivity contribution is 7.92. The van der Waals surface area contributed by atoms with E-state index in [4.69, 9.17) is 4.42 Å². The third-order valence-electron chi connectivity index (χ3n) is 4.17. The Hall–Kier alpha value is -3.00. The van der Waals surface area contributed by atoms with Gasteiger partial charge < -0.3 is 4.42 Å². The molecule has 0 atom stereocenters. The van der Waals surface area contributed by atoms with Crippen molar-refractivity contribution in [2.24, 2.45) is 0 Å². The molecule has 3 rings (SSSR count). The zero-order chi connectivity index (χ0) is 20.3. The van der Waals surface area contributed by atoms with Crippen LogP contribution >= 0.6 is 0 Å². The molecule has 1 heterocycles. The normalized spacial score (nSPS) is 11.6. The van der Waals surface area contributed by atoms with E-state index < -0.39 is 15.1 Å². The molecule has 0 aliphatic rings. The van der Waals surface area contributed by atoms with Gasteiger partial charge in [-0.15, -0.1) is 5.10 Å². The van der Waals surface area contributed by atoms with E-state index in [1.165, 1.54) is 12.1 Å². The van der Waals surface area contributed by atoms with Gasteiger partial charge in [-0.05, 0) is 50.6 Å². The lowest BCUT2D eigenvalue weighted by molar-refractivity contribution is -0.115. The molecule has 2 aromatic carbocycles. The van der Waals surface area contributed by atoms with Gasteiger partial charge in [0.1, 0.15) is 0 Å². The molecule has 0 saturated carbocycles. The molecule has 0 spiro atoms. The van der Waals surface area contributed by atoms with Gasteiger partial charge in [-0.25, -0.2) is 8.42 Å². The lowest BCUT2D eigenvalue weighted by Gasteiger charge is -2.07. The standard InChI is InChI=1S/C20H21N3O4S/c1-13(2)28(25,26)17-9-7-16(8-10-17)19-22-23-20(27-19)21-18(24)12-15-6-4-5-14(3)11-15/h4-11,13H,12H2,1-3H3,(H,21,23,24). The van der Waals surface area contributed by atoms with Crippen LogP contribution in [0, 0.1) is 6.92 Å². The van der Waals surface area contributed by atoms with Gasteiger partial charge in [-0.3, -0.25) is 10.1 Å². The molecular weight excluding hydrogens is 378 g/mol. The van der Waals surface area contributed by atoms with E-state index in [-0.39, 0.29) is 29.1 Å². The van der Waals surface area contributed by atoms with Gasteiger partial charge in [-0.2, -0.15) is 0 Å². The number of aromatic nitrogens is 2. The predicted molar refractivity (Wildman–Crippen MR) is 106 cm³/mol. The van der Waals surface area contributed by atoms with E-state index in [0.717, 1.165) is 11.1 Å². The Bertz CT molecular complexity index is 1090. The fourth-order valence-corrected chi connectivity index (χ4v) is 3.68. The molecule has 0 bridgehead atoms. The summed E-state index contributed by atoms with van der Waals surface area (Å²) in [5, 5.41) is 9.80. The SMILES string of the molecule is Cc1cccc(CC(=O)Nc2nnc(-c3ccc(S(=O)(=O)C(C)C)cc3)o2)c1. The lowest BCUT2D eigenvalue weighted by atomic mass is 10.1. The minimum atomic E-state index is -3.34. The molecule has 7 nitrogen and oxygen atoms in total. The monoisotopic (exact) mass is 399 g/mol. The minimum absolute atomic E-state index is 0.00784. The van der Waals surface area contributed by atoms with Crippen molar-refractivity contribution in [3.05, 3.63) is 59.7 Å². The Morgan fingerprint density at radius 3 is 2.46 bits per heavy atom. The summed E-state index contributed by atoms with van der Waals surface area (Å²) >= 11 is 0. The number of aryl methyl sites for hydroxylation is 1. The number of amides is 1. The van der Waals surface area contributed by atoms with Crippen LogP contribution in [0.1, 0.15) is 25.0 Å². The smallest absolute Gasteiger partial charge is 0.322 e. The van der Waals surface area contributed by atoms with E-state index in [0.29, 0.717) is 5.56 Å². The number of hydrogen-bond donors (Lipinski definition) is 1. The molecule has 8 heteroatoms. The summed E-state index contributed by atoms with van der Waals surface area (Å²) in [5.74, 6) is -0.0708. The second kappa shape index (κ2) is 7.93. The molecule has 0 aliphatic heterocycles. The first-order valence-electron chi connectivity index (χ1n) is 8.79. The van der Waals surface area contributed by atoms with Crippen molar-refractivity contribution in [2.45, 2.75) is 37.3 Å². The molecule has 28 heavy (non-hydrogen) atoms. The highest BCUT2D eigenvalue weighted by Crippen LogP contribution is 2.23. The van der Waals surface area contributed by atoms with Crippen molar-refractivity contribution in [2.75, 3.05) is 5.32 Å². The van der Waals surface area contributed by atoms with E-state index in [1.54, 1.807) is 26.0 Å². The van der Waals surface area contributed by atoms with Crippen LogP contribution in [-0.2, 0) is 21.1 Å². The van der Waals surface area contributed by atoms with Crippen molar-refractivity contribution in [1.29, 1.82) is 0 Å². The van der Waals surface area contributed by atoms with Gasteiger partial charge in [0.2, 0.25) is 11.8 Å². The molecule has 0 radical (unpaired) electrons. The maximum absolute atomic E-state index is 12.2. The number of rotatable bonds is 6. The molecule has 0 unspecified atom stereocenters. The van der Waals surface area contributed by atoms with Gasteiger partial charge in [-0.1, -0.05) is 34.9 Å². The van der Waals surface area contributed by atoms with Crippen LogP contribution in [0.4, 0.5) is 6.01 Å². The number of nitrogens with zero attached hydrogens (tertiary/aromatic N) is 2. The number of sulfone groups is 1. The first-order chi connectivity index (χ1) is 13.3. The van der Waals surface area contributed by atoms with Crippen LogP contribution in [0.3, 0.4) is 0 Å². The summed E-state index contributed by atoms with van der Waals surface area (Å²) in [5.41, 5.74) is 2.53. The first kappa shape index (κ1) is 19.8. The fourth-order valence-electron chi connectivity index (χ4n) is 2.62. The van der Waals surface area contributed by atoms with Crippen molar-refractivity contribution < 1.29 is 17.6 Å². The predicted octanol–water partition coefficient (Wildman–Crippen LogP) is 3.41. The quantitative estimate of drug-likeness (QED) is 0.681. The molecule has 1 amide bonds. The third-order valence-corrected chi connectivity index (χ3v) is 6.34. The molecule has 0 aliphatic carbocycles. The fraction of sp³-hybridized carbons (Fsp3) is 0.250. The van der Waals surface area contributed by atoms with Crippen LogP contribution in [0.25, 0.3) is 11.5 Å². The van der Waals surface area contributed by atoms with Crippen LogP contribution in [0.15, 0.2) is 57.8 Å². The van der Waals surface area contributed by atoms with E-state index in [9.17, 15) is 13.2 Å².